The molecule has 0 aromatic rings. The normalized spacial score (nSPS) is 19.6. The SMILES string of the molecule is C/C=C\C(=NC(/C)=C/CC)/C(C=NC(C)CC)=C(\C)CC1CC1. The molecule has 1 rings (SSSR count). The molecule has 1 unspecified atom stereocenters. The van der Waals surface area contributed by atoms with Gasteiger partial charge in [-0.3, -0.25) is 9.98 Å². The molecule has 1 aliphatic carbocycles. The van der Waals surface area contributed by atoms with Crippen LogP contribution in [0.2, 0.25) is 0 Å². The molecule has 128 valence electrons. The summed E-state index contributed by atoms with van der Waals surface area (Å²) in [5.41, 5.74) is 4.74. The third-order valence-electron chi connectivity index (χ3n) is 4.20. The average Bonchev–Trinajstić information content (AvgIpc) is 3.31. The smallest absolute Gasteiger partial charge is 0.0716 e. The first-order valence-electron chi connectivity index (χ1n) is 9.13. The molecule has 1 fully saturated rings. The molecular weight excluding hydrogens is 280 g/mol. The monoisotopic (exact) mass is 314 g/mol. The third-order valence-corrected chi connectivity index (χ3v) is 4.20. The summed E-state index contributed by atoms with van der Waals surface area (Å²) in [6, 6.07) is 0.359. The lowest BCUT2D eigenvalue weighted by Crippen LogP contribution is -2.07. The zero-order valence-corrected chi connectivity index (χ0v) is 15.9. The van der Waals surface area contributed by atoms with Crippen LogP contribution in [0, 0.1) is 5.92 Å². The molecule has 0 radical (unpaired) electrons. The minimum atomic E-state index is 0.359. The predicted molar refractivity (Wildman–Crippen MR) is 105 cm³/mol. The summed E-state index contributed by atoms with van der Waals surface area (Å²) in [6.07, 6.45) is 14.4. The highest BCUT2D eigenvalue weighted by Gasteiger charge is 2.22. The van der Waals surface area contributed by atoms with Gasteiger partial charge < -0.3 is 0 Å². The van der Waals surface area contributed by atoms with Crippen LogP contribution < -0.4 is 0 Å². The maximum atomic E-state index is 4.85. The summed E-state index contributed by atoms with van der Waals surface area (Å²) in [6.45, 7) is 12.9. The molecular formula is C21H34N2. The van der Waals surface area contributed by atoms with E-state index in [1.807, 2.05) is 6.92 Å². The van der Waals surface area contributed by atoms with E-state index in [0.717, 1.165) is 30.2 Å². The molecule has 0 amide bonds. The molecule has 2 nitrogen and oxygen atoms in total. The van der Waals surface area contributed by atoms with Crippen LogP contribution in [-0.2, 0) is 0 Å². The number of hydrogen-bond donors (Lipinski definition) is 0. The Morgan fingerprint density at radius 2 is 1.91 bits per heavy atom. The molecule has 0 aromatic heterocycles. The maximum Gasteiger partial charge on any atom is 0.0716 e. The van der Waals surface area contributed by atoms with E-state index in [1.54, 1.807) is 0 Å². The van der Waals surface area contributed by atoms with Gasteiger partial charge >= 0.3 is 0 Å². The van der Waals surface area contributed by atoms with Gasteiger partial charge in [-0.25, -0.2) is 0 Å². The second-order valence-electron chi connectivity index (χ2n) is 6.63. The van der Waals surface area contributed by atoms with Crippen molar-refractivity contribution in [3.05, 3.63) is 35.1 Å². The Kier molecular flexibility index (Phi) is 8.83. The van der Waals surface area contributed by atoms with E-state index in [0.29, 0.717) is 6.04 Å². The van der Waals surface area contributed by atoms with E-state index in [-0.39, 0.29) is 0 Å². The molecule has 0 N–H and O–H groups in total. The highest BCUT2D eigenvalue weighted by molar-refractivity contribution is 6.22. The Hall–Kier alpha value is -1.44. The molecule has 23 heavy (non-hydrogen) atoms. The van der Waals surface area contributed by atoms with Gasteiger partial charge in [-0.15, -0.1) is 0 Å². The van der Waals surface area contributed by atoms with Crippen LogP contribution in [0.1, 0.15) is 73.6 Å². The summed E-state index contributed by atoms with van der Waals surface area (Å²) in [7, 11) is 0. The molecule has 1 saturated carbocycles. The van der Waals surface area contributed by atoms with E-state index < -0.39 is 0 Å². The Bertz CT molecular complexity index is 514. The van der Waals surface area contributed by atoms with Crippen molar-refractivity contribution in [2.75, 3.05) is 0 Å². The van der Waals surface area contributed by atoms with Crippen LogP contribution in [0.4, 0.5) is 0 Å². The minimum absolute atomic E-state index is 0.359. The Balaban J connectivity index is 3.21. The first-order chi connectivity index (χ1) is 11.0. The summed E-state index contributed by atoms with van der Waals surface area (Å²) in [5, 5.41) is 0. The molecule has 1 atom stereocenters. The van der Waals surface area contributed by atoms with Crippen LogP contribution in [0.25, 0.3) is 0 Å². The summed E-state index contributed by atoms with van der Waals surface area (Å²) in [5.74, 6) is 0.876. The third kappa shape index (κ3) is 7.58. The van der Waals surface area contributed by atoms with Gasteiger partial charge in [0.05, 0.1) is 5.71 Å². The Labute approximate surface area is 143 Å². The van der Waals surface area contributed by atoms with E-state index in [9.17, 15) is 0 Å². The van der Waals surface area contributed by atoms with Crippen molar-refractivity contribution in [1.29, 1.82) is 0 Å². The number of nitrogens with zero attached hydrogens (tertiary/aromatic N) is 2. The fraction of sp³-hybridized carbons (Fsp3) is 0.619. The molecule has 0 saturated heterocycles. The van der Waals surface area contributed by atoms with Gasteiger partial charge in [-0.1, -0.05) is 31.6 Å². The summed E-state index contributed by atoms with van der Waals surface area (Å²) < 4.78 is 0. The van der Waals surface area contributed by atoms with Crippen molar-refractivity contribution in [3.8, 4) is 0 Å². The van der Waals surface area contributed by atoms with Crippen molar-refractivity contribution in [2.24, 2.45) is 15.9 Å². The second kappa shape index (κ2) is 10.4. The summed E-state index contributed by atoms with van der Waals surface area (Å²) in [4.78, 5) is 9.58. The lowest BCUT2D eigenvalue weighted by molar-refractivity contribution is 0.720. The van der Waals surface area contributed by atoms with Crippen molar-refractivity contribution < 1.29 is 0 Å². The fourth-order valence-electron chi connectivity index (χ4n) is 2.44. The topological polar surface area (TPSA) is 24.7 Å². The second-order valence-corrected chi connectivity index (χ2v) is 6.63. The molecule has 0 aliphatic heterocycles. The maximum absolute atomic E-state index is 4.85. The van der Waals surface area contributed by atoms with Crippen LogP contribution in [0.3, 0.4) is 0 Å². The van der Waals surface area contributed by atoms with Gasteiger partial charge in [0.25, 0.3) is 0 Å². The molecule has 0 heterocycles. The minimum Gasteiger partial charge on any atom is -0.289 e. The zero-order valence-electron chi connectivity index (χ0n) is 15.9. The number of rotatable bonds is 9. The van der Waals surface area contributed by atoms with Crippen molar-refractivity contribution >= 4 is 11.9 Å². The molecule has 0 aromatic carbocycles. The van der Waals surface area contributed by atoms with Gasteiger partial charge in [0.15, 0.2) is 0 Å². The van der Waals surface area contributed by atoms with Crippen LogP contribution in [0.5, 0.6) is 0 Å². The number of allylic oxidation sites excluding steroid dienone is 6. The highest BCUT2D eigenvalue weighted by Crippen LogP contribution is 2.35. The number of aliphatic imine (C=N–C) groups is 2. The van der Waals surface area contributed by atoms with Gasteiger partial charge in [0.2, 0.25) is 0 Å². The van der Waals surface area contributed by atoms with Gasteiger partial charge in [-0.2, -0.15) is 0 Å². The first-order valence-corrected chi connectivity index (χ1v) is 9.13. The quantitative estimate of drug-likeness (QED) is 0.446. The lowest BCUT2D eigenvalue weighted by atomic mass is 10.00. The van der Waals surface area contributed by atoms with Gasteiger partial charge in [0, 0.05) is 23.5 Å². The Morgan fingerprint density at radius 1 is 1.22 bits per heavy atom. The van der Waals surface area contributed by atoms with Crippen LogP contribution >= 0.6 is 0 Å². The van der Waals surface area contributed by atoms with Crippen LogP contribution in [-0.4, -0.2) is 18.0 Å². The predicted octanol–water partition coefficient (Wildman–Crippen LogP) is 6.30. The van der Waals surface area contributed by atoms with Crippen molar-refractivity contribution in [1.82, 2.24) is 0 Å². The number of hydrogen-bond acceptors (Lipinski definition) is 2. The summed E-state index contributed by atoms with van der Waals surface area (Å²) >= 11 is 0. The van der Waals surface area contributed by atoms with Crippen molar-refractivity contribution in [2.45, 2.75) is 79.7 Å². The van der Waals surface area contributed by atoms with E-state index in [4.69, 9.17) is 9.98 Å². The van der Waals surface area contributed by atoms with Crippen LogP contribution in [0.15, 0.2) is 45.1 Å². The molecule has 1 aliphatic rings. The van der Waals surface area contributed by atoms with E-state index in [2.05, 4.69) is 59.1 Å². The highest BCUT2D eigenvalue weighted by atomic mass is 14.8. The first kappa shape index (κ1) is 19.6. The fourth-order valence-corrected chi connectivity index (χ4v) is 2.44. The largest absolute Gasteiger partial charge is 0.289 e. The van der Waals surface area contributed by atoms with E-state index in [1.165, 1.54) is 30.4 Å². The average molecular weight is 315 g/mol. The van der Waals surface area contributed by atoms with E-state index >= 15 is 0 Å². The van der Waals surface area contributed by atoms with Gasteiger partial charge in [-0.05, 0) is 71.8 Å². The standard InChI is InChI=1S/C21H34N2/c1-7-10-18(6)23-21(11-8-2)20(15-22-17(5)9-3)16(4)14-19-12-13-19/h8,10-11,15,17,19H,7,9,12-14H2,1-6H3/b11-8-,18-10+,20-16+,22-15?,23-21?. The molecule has 0 bridgehead atoms. The molecule has 2 heteroatoms. The Morgan fingerprint density at radius 3 is 2.43 bits per heavy atom. The molecule has 0 spiro atoms. The zero-order chi connectivity index (χ0) is 17.2. The van der Waals surface area contributed by atoms with Crippen molar-refractivity contribution in [3.63, 3.8) is 0 Å². The lowest BCUT2D eigenvalue weighted by Gasteiger charge is -2.10. The van der Waals surface area contributed by atoms with Gasteiger partial charge in [0.1, 0.15) is 0 Å².